The number of anilines is 1. The van der Waals surface area contributed by atoms with Gasteiger partial charge in [0.15, 0.2) is 0 Å². The van der Waals surface area contributed by atoms with Gasteiger partial charge in [0.25, 0.3) is 0 Å². The summed E-state index contributed by atoms with van der Waals surface area (Å²) in [5.41, 5.74) is 7.27. The molecule has 0 radical (unpaired) electrons. The number of nitriles is 1. The summed E-state index contributed by atoms with van der Waals surface area (Å²) >= 11 is 0. The van der Waals surface area contributed by atoms with Crippen LogP contribution in [0.1, 0.15) is 12.5 Å². The van der Waals surface area contributed by atoms with E-state index in [1.54, 1.807) is 6.07 Å². The number of nitrogens with two attached hydrogens (primary N) is 1. The molecule has 0 aromatic heterocycles. The van der Waals surface area contributed by atoms with Crippen molar-refractivity contribution in [2.45, 2.75) is 19.1 Å². The van der Waals surface area contributed by atoms with E-state index in [1.807, 2.05) is 19.2 Å². The number of likely N-dealkylation sites (N-methyl/N-ethyl adjacent to an activating group) is 1. The summed E-state index contributed by atoms with van der Waals surface area (Å²) in [6.07, 6.45) is 0.00503. The van der Waals surface area contributed by atoms with Gasteiger partial charge >= 0.3 is 0 Å². The summed E-state index contributed by atoms with van der Waals surface area (Å²) < 4.78 is 5.79. The molecule has 0 saturated heterocycles. The van der Waals surface area contributed by atoms with Gasteiger partial charge in [0.1, 0.15) is 11.9 Å². The Morgan fingerprint density at radius 1 is 1.56 bits per heavy atom. The predicted molar refractivity (Wildman–Crippen MR) is 62.5 cm³/mol. The first-order chi connectivity index (χ1) is 7.67. The van der Waals surface area contributed by atoms with Crippen molar-refractivity contribution >= 4 is 5.69 Å². The number of hydrogen-bond donors (Lipinski definition) is 1. The first kappa shape index (κ1) is 10.8. The molecule has 0 bridgehead atoms. The van der Waals surface area contributed by atoms with Crippen LogP contribution in [0.5, 0.6) is 5.75 Å². The van der Waals surface area contributed by atoms with E-state index in [4.69, 9.17) is 15.7 Å². The minimum atomic E-state index is 0.00503. The Morgan fingerprint density at radius 3 is 2.94 bits per heavy atom. The Kier molecular flexibility index (Phi) is 2.71. The average Bonchev–Trinajstić information content (AvgIpc) is 2.33. The molecule has 1 aromatic carbocycles. The average molecular weight is 217 g/mol. The molecule has 0 aliphatic carbocycles. The van der Waals surface area contributed by atoms with Crippen LogP contribution < -0.4 is 15.4 Å². The van der Waals surface area contributed by atoms with E-state index in [1.165, 1.54) is 0 Å². The molecule has 1 aliphatic heterocycles. The van der Waals surface area contributed by atoms with Crippen molar-refractivity contribution in [3.63, 3.8) is 0 Å². The Morgan fingerprint density at radius 2 is 2.31 bits per heavy atom. The van der Waals surface area contributed by atoms with E-state index in [2.05, 4.69) is 17.9 Å². The molecule has 0 fully saturated rings. The molecule has 2 N–H and O–H groups in total. The van der Waals surface area contributed by atoms with Crippen LogP contribution in [0.3, 0.4) is 0 Å². The fourth-order valence-electron chi connectivity index (χ4n) is 1.94. The van der Waals surface area contributed by atoms with E-state index < -0.39 is 0 Å². The maximum Gasteiger partial charge on any atom is 0.143 e. The fraction of sp³-hybridized carbons (Fsp3) is 0.417. The highest BCUT2D eigenvalue weighted by Crippen LogP contribution is 2.35. The van der Waals surface area contributed by atoms with Gasteiger partial charge in [-0.25, -0.2) is 0 Å². The lowest BCUT2D eigenvalue weighted by Gasteiger charge is -2.39. The van der Waals surface area contributed by atoms with Gasteiger partial charge < -0.3 is 15.4 Å². The Balaban J connectivity index is 2.43. The van der Waals surface area contributed by atoms with Crippen molar-refractivity contribution in [2.75, 3.05) is 18.5 Å². The van der Waals surface area contributed by atoms with Crippen LogP contribution in [0.25, 0.3) is 0 Å². The smallest absolute Gasteiger partial charge is 0.143 e. The van der Waals surface area contributed by atoms with Gasteiger partial charge in [0, 0.05) is 13.6 Å². The lowest BCUT2D eigenvalue weighted by molar-refractivity contribution is 0.168. The number of benzene rings is 1. The molecular formula is C12H15N3O. The summed E-state index contributed by atoms with van der Waals surface area (Å²) in [4.78, 5) is 2.11. The van der Waals surface area contributed by atoms with Crippen LogP contribution in [0, 0.1) is 11.3 Å². The number of rotatable bonds is 1. The third kappa shape index (κ3) is 1.59. The van der Waals surface area contributed by atoms with Crippen LogP contribution >= 0.6 is 0 Å². The maximum atomic E-state index is 8.86. The minimum absolute atomic E-state index is 0.00503. The summed E-state index contributed by atoms with van der Waals surface area (Å²) in [5.74, 6) is 0.801. The molecule has 2 unspecified atom stereocenters. The molecule has 2 rings (SSSR count). The van der Waals surface area contributed by atoms with Gasteiger partial charge in [-0.2, -0.15) is 5.26 Å². The zero-order chi connectivity index (χ0) is 11.7. The number of ether oxygens (including phenoxy) is 1. The lowest BCUT2D eigenvalue weighted by Crippen LogP contribution is -2.49. The van der Waals surface area contributed by atoms with Gasteiger partial charge in [0.05, 0.1) is 23.4 Å². The minimum Gasteiger partial charge on any atom is -0.485 e. The molecule has 0 amide bonds. The van der Waals surface area contributed by atoms with Gasteiger partial charge in [0.2, 0.25) is 0 Å². The summed E-state index contributed by atoms with van der Waals surface area (Å²) in [7, 11) is 2.00. The molecule has 1 heterocycles. The molecule has 1 aliphatic rings. The molecule has 2 atom stereocenters. The summed E-state index contributed by atoms with van der Waals surface area (Å²) in [6.45, 7) is 2.56. The molecule has 4 heteroatoms. The highest BCUT2D eigenvalue weighted by Gasteiger charge is 2.29. The third-order valence-corrected chi connectivity index (χ3v) is 3.13. The second kappa shape index (κ2) is 4.03. The second-order valence-electron chi connectivity index (χ2n) is 4.04. The molecule has 0 saturated carbocycles. The highest BCUT2D eigenvalue weighted by molar-refractivity contribution is 5.63. The second-order valence-corrected chi connectivity index (χ2v) is 4.04. The van der Waals surface area contributed by atoms with Gasteiger partial charge in [-0.1, -0.05) is 0 Å². The SMILES string of the molecule is CC1C(CN)Oc2ccc(C#N)cc2N1C. The topological polar surface area (TPSA) is 62.3 Å². The van der Waals surface area contributed by atoms with E-state index in [-0.39, 0.29) is 12.1 Å². The van der Waals surface area contributed by atoms with Crippen LogP contribution in [-0.4, -0.2) is 25.7 Å². The normalized spacial score (nSPS) is 23.2. The van der Waals surface area contributed by atoms with Crippen LogP contribution in [0.4, 0.5) is 5.69 Å². The Labute approximate surface area is 95.2 Å². The fourth-order valence-corrected chi connectivity index (χ4v) is 1.94. The number of fused-ring (bicyclic) bond motifs is 1. The number of nitrogens with zero attached hydrogens (tertiary/aromatic N) is 2. The summed E-state index contributed by atoms with van der Waals surface area (Å²) in [6, 6.07) is 7.78. The van der Waals surface area contributed by atoms with Crippen LogP contribution in [-0.2, 0) is 0 Å². The third-order valence-electron chi connectivity index (χ3n) is 3.13. The van der Waals surface area contributed by atoms with Crippen molar-refractivity contribution in [3.8, 4) is 11.8 Å². The first-order valence-electron chi connectivity index (χ1n) is 5.31. The largest absolute Gasteiger partial charge is 0.485 e. The van der Waals surface area contributed by atoms with Crippen molar-refractivity contribution in [3.05, 3.63) is 23.8 Å². The van der Waals surface area contributed by atoms with E-state index in [9.17, 15) is 0 Å². The number of hydrogen-bond acceptors (Lipinski definition) is 4. The predicted octanol–water partition coefficient (Wildman–Crippen LogP) is 1.10. The molecule has 0 spiro atoms. The zero-order valence-electron chi connectivity index (χ0n) is 9.47. The molecule has 84 valence electrons. The Hall–Kier alpha value is -1.73. The quantitative estimate of drug-likeness (QED) is 0.765. The first-order valence-corrected chi connectivity index (χ1v) is 5.31. The van der Waals surface area contributed by atoms with Crippen LogP contribution in [0.15, 0.2) is 18.2 Å². The van der Waals surface area contributed by atoms with Gasteiger partial charge in [-0.05, 0) is 25.1 Å². The lowest BCUT2D eigenvalue weighted by atomic mass is 10.1. The van der Waals surface area contributed by atoms with Crippen LogP contribution in [0.2, 0.25) is 0 Å². The highest BCUT2D eigenvalue weighted by atomic mass is 16.5. The monoisotopic (exact) mass is 217 g/mol. The molecule has 4 nitrogen and oxygen atoms in total. The summed E-state index contributed by atoms with van der Waals surface area (Å²) in [5, 5.41) is 8.86. The zero-order valence-corrected chi connectivity index (χ0v) is 9.47. The molecule has 1 aromatic rings. The van der Waals surface area contributed by atoms with Crippen molar-refractivity contribution < 1.29 is 4.74 Å². The van der Waals surface area contributed by atoms with Gasteiger partial charge in [-0.3, -0.25) is 0 Å². The van der Waals surface area contributed by atoms with E-state index in [0.29, 0.717) is 12.1 Å². The van der Waals surface area contributed by atoms with Crippen molar-refractivity contribution in [2.24, 2.45) is 5.73 Å². The standard InChI is InChI=1S/C12H15N3O/c1-8-12(7-14)16-11-4-3-9(6-13)5-10(11)15(8)2/h3-5,8,12H,7,14H2,1-2H3. The van der Waals surface area contributed by atoms with Crippen molar-refractivity contribution in [1.29, 1.82) is 5.26 Å². The van der Waals surface area contributed by atoms with E-state index in [0.717, 1.165) is 11.4 Å². The Bertz CT molecular complexity index is 438. The van der Waals surface area contributed by atoms with E-state index >= 15 is 0 Å². The molecule has 16 heavy (non-hydrogen) atoms. The van der Waals surface area contributed by atoms with Gasteiger partial charge in [-0.15, -0.1) is 0 Å². The molecular weight excluding hydrogens is 202 g/mol. The van der Waals surface area contributed by atoms with Crippen molar-refractivity contribution in [1.82, 2.24) is 0 Å². The maximum absolute atomic E-state index is 8.86.